The highest BCUT2D eigenvalue weighted by Crippen LogP contribution is 2.18. The van der Waals surface area contributed by atoms with Crippen LogP contribution < -0.4 is 5.32 Å². The first-order valence-corrected chi connectivity index (χ1v) is 5.81. The van der Waals surface area contributed by atoms with Gasteiger partial charge < -0.3 is 5.32 Å². The zero-order valence-corrected chi connectivity index (χ0v) is 9.63. The summed E-state index contributed by atoms with van der Waals surface area (Å²) < 4.78 is 0. The zero-order valence-electron chi connectivity index (χ0n) is 9.63. The Morgan fingerprint density at radius 3 is 3.07 bits per heavy atom. The molecule has 0 aromatic heterocycles. The summed E-state index contributed by atoms with van der Waals surface area (Å²) in [6.07, 6.45) is 13.8. The van der Waals surface area contributed by atoms with Gasteiger partial charge in [-0.15, -0.1) is 5.73 Å². The molecule has 0 heterocycles. The van der Waals surface area contributed by atoms with E-state index in [9.17, 15) is 0 Å². The van der Waals surface area contributed by atoms with Gasteiger partial charge in [-0.25, -0.2) is 0 Å². The normalized spacial score (nSPS) is 20.2. The Morgan fingerprint density at radius 1 is 1.60 bits per heavy atom. The molecule has 1 nitrogen and oxygen atoms in total. The Hall–Kier alpha value is -1.20. The minimum atomic E-state index is 0.745. The quantitative estimate of drug-likeness (QED) is 0.532. The third-order valence-corrected chi connectivity index (χ3v) is 2.72. The van der Waals surface area contributed by atoms with Crippen molar-refractivity contribution in [1.82, 2.24) is 5.32 Å². The summed E-state index contributed by atoms with van der Waals surface area (Å²) in [5, 5.41) is 3.30. The van der Waals surface area contributed by atoms with Gasteiger partial charge in [0.15, 0.2) is 0 Å². The summed E-state index contributed by atoms with van der Waals surface area (Å²) in [4.78, 5) is 0. The molecule has 0 spiro atoms. The summed E-state index contributed by atoms with van der Waals surface area (Å²) in [7, 11) is 0. The highest BCUT2D eigenvalue weighted by Gasteiger charge is 2.04. The van der Waals surface area contributed by atoms with E-state index in [1.807, 2.05) is 0 Å². The lowest BCUT2D eigenvalue weighted by Crippen LogP contribution is -2.12. The molecule has 15 heavy (non-hydrogen) atoms. The molecule has 1 N–H and O–H groups in total. The van der Waals surface area contributed by atoms with Crippen molar-refractivity contribution in [3.8, 4) is 0 Å². The monoisotopic (exact) mass is 203 g/mol. The molecule has 0 aromatic rings. The Labute approximate surface area is 93.3 Å². The van der Waals surface area contributed by atoms with Gasteiger partial charge in [-0.1, -0.05) is 37.8 Å². The molecule has 0 fully saturated rings. The number of hydrogen-bond acceptors (Lipinski definition) is 1. The van der Waals surface area contributed by atoms with Crippen LogP contribution in [-0.4, -0.2) is 6.54 Å². The number of rotatable bonds is 5. The van der Waals surface area contributed by atoms with Gasteiger partial charge in [0.25, 0.3) is 0 Å². The van der Waals surface area contributed by atoms with Crippen molar-refractivity contribution in [2.75, 3.05) is 6.54 Å². The molecule has 1 atom stereocenters. The first kappa shape index (κ1) is 11.9. The van der Waals surface area contributed by atoms with Crippen molar-refractivity contribution in [3.05, 3.63) is 42.3 Å². The molecule has 0 bridgehead atoms. The molecule has 0 saturated carbocycles. The van der Waals surface area contributed by atoms with E-state index in [2.05, 4.69) is 48.9 Å². The number of allylic oxidation sites excluding steroid dienone is 4. The van der Waals surface area contributed by atoms with Crippen LogP contribution >= 0.6 is 0 Å². The predicted octanol–water partition coefficient (Wildman–Crippen LogP) is 3.57. The lowest BCUT2D eigenvalue weighted by Gasteiger charge is -2.12. The molecule has 0 saturated heterocycles. The summed E-state index contributed by atoms with van der Waals surface area (Å²) in [6, 6.07) is 0. The molecule has 1 rings (SSSR count). The lowest BCUT2D eigenvalue weighted by atomic mass is 9.94. The van der Waals surface area contributed by atoms with Crippen molar-refractivity contribution in [2.45, 2.75) is 32.6 Å². The first-order chi connectivity index (χ1) is 7.36. The van der Waals surface area contributed by atoms with Gasteiger partial charge in [-0.2, -0.15) is 0 Å². The maximum absolute atomic E-state index is 3.64. The Balaban J connectivity index is 2.21. The third-order valence-electron chi connectivity index (χ3n) is 2.72. The summed E-state index contributed by atoms with van der Waals surface area (Å²) in [5.74, 6) is 0.745. The molecule has 0 aliphatic heterocycles. The molecule has 1 heteroatoms. The second-order valence-electron chi connectivity index (χ2n) is 3.86. The molecular weight excluding hydrogens is 182 g/mol. The van der Waals surface area contributed by atoms with E-state index in [1.54, 1.807) is 0 Å². The van der Waals surface area contributed by atoms with Gasteiger partial charge in [-0.05, 0) is 31.6 Å². The third kappa shape index (κ3) is 4.71. The van der Waals surface area contributed by atoms with E-state index >= 15 is 0 Å². The van der Waals surface area contributed by atoms with Crippen LogP contribution in [0.25, 0.3) is 0 Å². The smallest absolute Gasteiger partial charge is 0.0531 e. The van der Waals surface area contributed by atoms with Gasteiger partial charge >= 0.3 is 0 Å². The number of hydrogen-bond donors (Lipinski definition) is 1. The van der Waals surface area contributed by atoms with Crippen LogP contribution in [0.4, 0.5) is 0 Å². The van der Waals surface area contributed by atoms with Gasteiger partial charge in [0, 0.05) is 6.54 Å². The average Bonchev–Trinajstić information content (AvgIpc) is 2.31. The Kier molecular flexibility index (Phi) is 5.65. The SMILES string of the molecule is C=C=C(CC)NC/C=C\C1CC=CCC1. The molecule has 0 aromatic carbocycles. The largest absolute Gasteiger partial charge is 0.379 e. The minimum absolute atomic E-state index is 0.745. The second-order valence-corrected chi connectivity index (χ2v) is 3.86. The predicted molar refractivity (Wildman–Crippen MR) is 66.6 cm³/mol. The molecule has 1 aliphatic rings. The fraction of sp³-hybridized carbons (Fsp3) is 0.500. The highest BCUT2D eigenvalue weighted by atomic mass is 14.9. The standard InChI is InChI=1S/C14H21N/c1-3-14(4-2)15-12-8-11-13-9-6-5-7-10-13/h5-6,8,11,13,15H,1,4,7,9-10,12H2,2H3/b11-8-. The van der Waals surface area contributed by atoms with Gasteiger partial charge in [-0.3, -0.25) is 0 Å². The van der Waals surface area contributed by atoms with E-state index in [0.29, 0.717) is 0 Å². The Bertz CT molecular complexity index is 280. The van der Waals surface area contributed by atoms with E-state index < -0.39 is 0 Å². The molecule has 0 radical (unpaired) electrons. The van der Waals surface area contributed by atoms with E-state index in [-0.39, 0.29) is 0 Å². The van der Waals surface area contributed by atoms with Gasteiger partial charge in [0.05, 0.1) is 5.70 Å². The summed E-state index contributed by atoms with van der Waals surface area (Å²) >= 11 is 0. The van der Waals surface area contributed by atoms with Crippen LogP contribution in [0.1, 0.15) is 32.6 Å². The van der Waals surface area contributed by atoms with Crippen LogP contribution in [-0.2, 0) is 0 Å². The minimum Gasteiger partial charge on any atom is -0.379 e. The summed E-state index contributed by atoms with van der Waals surface area (Å²) in [5.41, 5.74) is 4.00. The average molecular weight is 203 g/mol. The highest BCUT2D eigenvalue weighted by molar-refractivity contribution is 5.02. The van der Waals surface area contributed by atoms with E-state index in [1.165, 1.54) is 19.3 Å². The maximum Gasteiger partial charge on any atom is 0.0531 e. The van der Waals surface area contributed by atoms with Crippen LogP contribution in [0.5, 0.6) is 0 Å². The van der Waals surface area contributed by atoms with Crippen molar-refractivity contribution in [1.29, 1.82) is 0 Å². The first-order valence-electron chi connectivity index (χ1n) is 5.81. The molecular formula is C14H21N. The van der Waals surface area contributed by atoms with Crippen LogP contribution in [0.2, 0.25) is 0 Å². The molecule has 1 aliphatic carbocycles. The van der Waals surface area contributed by atoms with E-state index in [0.717, 1.165) is 24.6 Å². The van der Waals surface area contributed by atoms with Crippen LogP contribution in [0.15, 0.2) is 42.3 Å². The number of nitrogens with one attached hydrogen (secondary N) is 1. The fourth-order valence-electron chi connectivity index (χ4n) is 1.75. The van der Waals surface area contributed by atoms with Crippen LogP contribution in [0, 0.1) is 5.92 Å². The zero-order chi connectivity index (χ0) is 10.9. The van der Waals surface area contributed by atoms with E-state index in [4.69, 9.17) is 0 Å². The van der Waals surface area contributed by atoms with Crippen LogP contribution in [0.3, 0.4) is 0 Å². The van der Waals surface area contributed by atoms with Gasteiger partial charge in [0.1, 0.15) is 0 Å². The fourth-order valence-corrected chi connectivity index (χ4v) is 1.75. The van der Waals surface area contributed by atoms with Crippen molar-refractivity contribution in [2.24, 2.45) is 5.92 Å². The molecule has 0 amide bonds. The Morgan fingerprint density at radius 2 is 2.47 bits per heavy atom. The molecule has 1 unspecified atom stereocenters. The van der Waals surface area contributed by atoms with Gasteiger partial charge in [0.2, 0.25) is 0 Å². The van der Waals surface area contributed by atoms with Crippen molar-refractivity contribution < 1.29 is 0 Å². The van der Waals surface area contributed by atoms with Crippen molar-refractivity contribution >= 4 is 0 Å². The lowest BCUT2D eigenvalue weighted by molar-refractivity contribution is 0.582. The second kappa shape index (κ2) is 7.14. The maximum atomic E-state index is 3.64. The topological polar surface area (TPSA) is 12.0 Å². The van der Waals surface area contributed by atoms with Crippen molar-refractivity contribution in [3.63, 3.8) is 0 Å². The molecule has 82 valence electrons. The summed E-state index contributed by atoms with van der Waals surface area (Å²) in [6.45, 7) is 6.64.